The van der Waals surface area contributed by atoms with E-state index in [4.69, 9.17) is 4.74 Å². The third-order valence-corrected chi connectivity index (χ3v) is 2.93. The summed E-state index contributed by atoms with van der Waals surface area (Å²) < 4.78 is 6.16. The number of halogens is 1. The first kappa shape index (κ1) is 16.4. The quantitative estimate of drug-likeness (QED) is 0.476. The molecule has 7 nitrogen and oxygen atoms in total. The third kappa shape index (κ3) is 3.89. The van der Waals surface area contributed by atoms with E-state index in [9.17, 15) is 19.7 Å². The van der Waals surface area contributed by atoms with Crippen molar-refractivity contribution in [3.05, 3.63) is 37.2 Å². The van der Waals surface area contributed by atoms with Crippen molar-refractivity contribution in [3.8, 4) is 0 Å². The molecule has 0 aromatic carbocycles. The van der Waals surface area contributed by atoms with E-state index in [0.29, 0.717) is 0 Å². The number of hydrogen-bond acceptors (Lipinski definition) is 5. The van der Waals surface area contributed by atoms with Crippen molar-refractivity contribution in [2.45, 2.75) is 39.3 Å². The number of nitrogens with zero attached hydrogens (tertiary/aromatic N) is 2. The average Bonchev–Trinajstić information content (AvgIpc) is 2.29. The Labute approximate surface area is 123 Å². The molecule has 20 heavy (non-hydrogen) atoms. The maximum atomic E-state index is 11.9. The van der Waals surface area contributed by atoms with Gasteiger partial charge in [0.2, 0.25) is 0 Å². The monoisotopic (exact) mass is 346 g/mol. The van der Waals surface area contributed by atoms with Crippen LogP contribution in [-0.4, -0.2) is 21.1 Å². The minimum absolute atomic E-state index is 0.0158. The van der Waals surface area contributed by atoms with Crippen molar-refractivity contribution in [2.24, 2.45) is 0 Å². The molecule has 0 amide bonds. The molecule has 1 aromatic heterocycles. The minimum Gasteiger partial charge on any atom is -0.458 e. The van der Waals surface area contributed by atoms with Crippen LogP contribution in [0, 0.1) is 10.1 Å². The molecule has 1 unspecified atom stereocenters. The number of pyridine rings is 1. The van der Waals surface area contributed by atoms with E-state index in [0.717, 1.165) is 16.8 Å². The van der Waals surface area contributed by atoms with Gasteiger partial charge in [-0.15, -0.1) is 0 Å². The summed E-state index contributed by atoms with van der Waals surface area (Å²) in [5, 5.41) is 10.8. The lowest BCUT2D eigenvalue weighted by Gasteiger charge is -2.23. The lowest BCUT2D eigenvalue weighted by molar-refractivity contribution is -0.385. The second-order valence-electron chi connectivity index (χ2n) is 5.23. The van der Waals surface area contributed by atoms with E-state index in [1.54, 1.807) is 20.8 Å². The maximum absolute atomic E-state index is 11.9. The van der Waals surface area contributed by atoms with E-state index < -0.39 is 28.1 Å². The standard InChI is InChI=1S/C12H15BrN2O5/c1-7(11(17)20-12(2,3)4)14-6-8(15(18)19)5-9(13)10(14)16/h5-7H,1-4H3. The molecule has 8 heteroatoms. The molecule has 0 N–H and O–H groups in total. The first-order valence-corrected chi connectivity index (χ1v) is 6.61. The number of rotatable bonds is 3. The summed E-state index contributed by atoms with van der Waals surface area (Å²) in [6, 6.07) is 0.138. The summed E-state index contributed by atoms with van der Waals surface area (Å²) in [6.45, 7) is 6.54. The molecule has 0 saturated heterocycles. The smallest absolute Gasteiger partial charge is 0.329 e. The Kier molecular flexibility index (Phi) is 4.69. The van der Waals surface area contributed by atoms with Gasteiger partial charge in [0, 0.05) is 6.07 Å². The molecule has 0 aliphatic heterocycles. The van der Waals surface area contributed by atoms with Gasteiger partial charge in [0.15, 0.2) is 0 Å². The fourth-order valence-corrected chi connectivity index (χ4v) is 1.88. The Hall–Kier alpha value is -1.70. The lowest BCUT2D eigenvalue weighted by atomic mass is 10.2. The van der Waals surface area contributed by atoms with Gasteiger partial charge < -0.3 is 4.74 Å². The Balaban J connectivity index is 3.22. The highest BCUT2D eigenvalue weighted by molar-refractivity contribution is 9.10. The minimum atomic E-state index is -0.960. The molecule has 0 aliphatic rings. The van der Waals surface area contributed by atoms with Crippen LogP contribution in [0.15, 0.2) is 21.5 Å². The van der Waals surface area contributed by atoms with Gasteiger partial charge in [0.05, 0.1) is 15.6 Å². The van der Waals surface area contributed by atoms with Crippen LogP contribution in [0.1, 0.15) is 33.7 Å². The van der Waals surface area contributed by atoms with Crippen LogP contribution < -0.4 is 5.56 Å². The number of aromatic nitrogens is 1. The molecule has 1 atom stereocenters. The number of nitro groups is 1. The first-order chi connectivity index (χ1) is 9.03. The van der Waals surface area contributed by atoms with E-state index in [1.165, 1.54) is 6.92 Å². The molecule has 0 radical (unpaired) electrons. The van der Waals surface area contributed by atoms with Crippen molar-refractivity contribution < 1.29 is 14.5 Å². The predicted octanol–water partition coefficient (Wildman–Crippen LogP) is 2.42. The number of carbonyl (C=O) groups excluding carboxylic acids is 1. The number of carbonyl (C=O) groups is 1. The summed E-state index contributed by atoms with van der Waals surface area (Å²) in [5.41, 5.74) is -1.52. The molecular weight excluding hydrogens is 332 g/mol. The Morgan fingerprint density at radius 1 is 1.50 bits per heavy atom. The third-order valence-electron chi connectivity index (χ3n) is 2.36. The van der Waals surface area contributed by atoms with Crippen molar-refractivity contribution in [3.63, 3.8) is 0 Å². The van der Waals surface area contributed by atoms with Crippen LogP contribution in [0.25, 0.3) is 0 Å². The van der Waals surface area contributed by atoms with E-state index in [1.807, 2.05) is 0 Å². The number of esters is 1. The molecule has 1 rings (SSSR count). The van der Waals surface area contributed by atoms with Gasteiger partial charge in [-0.25, -0.2) is 4.79 Å². The zero-order valence-electron chi connectivity index (χ0n) is 11.5. The van der Waals surface area contributed by atoms with Gasteiger partial charge in [-0.2, -0.15) is 0 Å². The van der Waals surface area contributed by atoms with Gasteiger partial charge in [0.25, 0.3) is 11.2 Å². The molecule has 1 heterocycles. The van der Waals surface area contributed by atoms with Gasteiger partial charge >= 0.3 is 5.97 Å². The van der Waals surface area contributed by atoms with E-state index in [-0.39, 0.29) is 10.2 Å². The molecule has 0 bridgehead atoms. The molecule has 1 aromatic rings. The van der Waals surface area contributed by atoms with E-state index >= 15 is 0 Å². The van der Waals surface area contributed by atoms with Gasteiger partial charge in [0.1, 0.15) is 11.6 Å². The first-order valence-electron chi connectivity index (χ1n) is 5.82. The highest BCUT2D eigenvalue weighted by Gasteiger charge is 2.25. The van der Waals surface area contributed by atoms with Crippen LogP contribution in [-0.2, 0) is 9.53 Å². The Bertz CT molecular complexity index is 603. The van der Waals surface area contributed by atoms with E-state index in [2.05, 4.69) is 15.9 Å². The zero-order chi connectivity index (χ0) is 15.7. The summed E-state index contributed by atoms with van der Waals surface area (Å²) in [7, 11) is 0. The molecule has 110 valence electrons. The van der Waals surface area contributed by atoms with Crippen LogP contribution in [0.4, 0.5) is 5.69 Å². The molecule has 0 aliphatic carbocycles. The fraction of sp³-hybridized carbons (Fsp3) is 0.500. The van der Waals surface area contributed by atoms with Crippen LogP contribution >= 0.6 is 15.9 Å². The number of hydrogen-bond donors (Lipinski definition) is 0. The molecule has 0 spiro atoms. The van der Waals surface area contributed by atoms with Crippen molar-refractivity contribution in [1.29, 1.82) is 0 Å². The van der Waals surface area contributed by atoms with Gasteiger partial charge in [-0.3, -0.25) is 19.5 Å². The van der Waals surface area contributed by atoms with Crippen molar-refractivity contribution >= 4 is 27.6 Å². The summed E-state index contributed by atoms with van der Waals surface area (Å²) in [5.74, 6) is -0.632. The Morgan fingerprint density at radius 2 is 2.05 bits per heavy atom. The summed E-state index contributed by atoms with van der Waals surface area (Å²) in [6.07, 6.45) is 1.03. The van der Waals surface area contributed by atoms with Crippen LogP contribution in [0.2, 0.25) is 0 Å². The molecular formula is C12H15BrN2O5. The zero-order valence-corrected chi connectivity index (χ0v) is 13.1. The van der Waals surface area contributed by atoms with Gasteiger partial charge in [-0.05, 0) is 43.6 Å². The number of ether oxygens (including phenoxy) is 1. The van der Waals surface area contributed by atoms with Crippen LogP contribution in [0.3, 0.4) is 0 Å². The SMILES string of the molecule is CC(C(=O)OC(C)(C)C)n1cc([N+](=O)[O-])cc(Br)c1=O. The highest BCUT2D eigenvalue weighted by Crippen LogP contribution is 2.19. The predicted molar refractivity (Wildman–Crippen MR) is 75.6 cm³/mol. The van der Waals surface area contributed by atoms with Crippen molar-refractivity contribution in [1.82, 2.24) is 4.57 Å². The highest BCUT2D eigenvalue weighted by atomic mass is 79.9. The average molecular weight is 347 g/mol. The second kappa shape index (κ2) is 5.74. The van der Waals surface area contributed by atoms with Gasteiger partial charge in [-0.1, -0.05) is 0 Å². The lowest BCUT2D eigenvalue weighted by Crippen LogP contribution is -2.33. The normalized spacial score (nSPS) is 12.8. The summed E-state index contributed by atoms with van der Waals surface area (Å²) in [4.78, 5) is 34.0. The topological polar surface area (TPSA) is 91.4 Å². The second-order valence-corrected chi connectivity index (χ2v) is 6.08. The van der Waals surface area contributed by atoms with Crippen molar-refractivity contribution in [2.75, 3.05) is 0 Å². The Morgan fingerprint density at radius 3 is 2.50 bits per heavy atom. The largest absolute Gasteiger partial charge is 0.458 e. The molecule has 0 saturated carbocycles. The maximum Gasteiger partial charge on any atom is 0.329 e. The fourth-order valence-electron chi connectivity index (χ4n) is 1.44. The summed E-state index contributed by atoms with van der Waals surface area (Å²) >= 11 is 2.95. The van der Waals surface area contributed by atoms with Crippen LogP contribution in [0.5, 0.6) is 0 Å². The molecule has 0 fully saturated rings.